The first-order valence-electron chi connectivity index (χ1n) is 6.36. The Kier molecular flexibility index (Phi) is 4.15. The van der Waals surface area contributed by atoms with Gasteiger partial charge in [0.1, 0.15) is 6.54 Å². The lowest BCUT2D eigenvalue weighted by atomic mass is 10.4. The highest BCUT2D eigenvalue weighted by atomic mass is 19.4. The molecule has 1 saturated heterocycles. The van der Waals surface area contributed by atoms with Gasteiger partial charge in [-0.2, -0.15) is 28.1 Å². The van der Waals surface area contributed by atoms with E-state index >= 15 is 0 Å². The molecule has 0 bridgehead atoms. The summed E-state index contributed by atoms with van der Waals surface area (Å²) in [4.78, 5) is 15.2. The molecule has 1 aromatic rings. The van der Waals surface area contributed by atoms with E-state index in [1.165, 1.54) is 7.05 Å². The summed E-state index contributed by atoms with van der Waals surface area (Å²) in [6.45, 7) is 0.533. The predicted octanol–water partition coefficient (Wildman–Crippen LogP) is 1.51. The van der Waals surface area contributed by atoms with Crippen molar-refractivity contribution in [2.45, 2.75) is 19.0 Å². The van der Waals surface area contributed by atoms with Gasteiger partial charge in [-0.25, -0.2) is 0 Å². The van der Waals surface area contributed by atoms with Crippen LogP contribution in [-0.4, -0.2) is 54.9 Å². The molecule has 0 aromatic carbocycles. The van der Waals surface area contributed by atoms with Crippen LogP contribution < -0.4 is 15.1 Å². The lowest BCUT2D eigenvalue weighted by Crippen LogP contribution is -2.33. The number of hydrogen-bond acceptors (Lipinski definition) is 6. The maximum atomic E-state index is 12.4. The lowest BCUT2D eigenvalue weighted by molar-refractivity contribution is -0.119. The summed E-state index contributed by atoms with van der Waals surface area (Å²) in [5.41, 5.74) is 0. The van der Waals surface area contributed by atoms with Crippen molar-refractivity contribution in [3.05, 3.63) is 0 Å². The van der Waals surface area contributed by atoms with Crippen LogP contribution in [0.3, 0.4) is 0 Å². The van der Waals surface area contributed by atoms with Crippen molar-refractivity contribution in [3.63, 3.8) is 0 Å². The van der Waals surface area contributed by atoms with Gasteiger partial charge in [-0.05, 0) is 12.8 Å². The van der Waals surface area contributed by atoms with Gasteiger partial charge in [0, 0.05) is 27.2 Å². The Morgan fingerprint density at radius 3 is 2.40 bits per heavy atom. The van der Waals surface area contributed by atoms with E-state index in [0.29, 0.717) is 5.95 Å². The number of hydrogen-bond donors (Lipinski definition) is 1. The van der Waals surface area contributed by atoms with Crippen LogP contribution in [0.15, 0.2) is 0 Å². The van der Waals surface area contributed by atoms with Crippen LogP contribution in [0.1, 0.15) is 12.8 Å². The molecule has 1 aliphatic heterocycles. The Morgan fingerprint density at radius 2 is 1.85 bits per heavy atom. The highest BCUT2D eigenvalue weighted by Crippen LogP contribution is 2.22. The van der Waals surface area contributed by atoms with E-state index in [9.17, 15) is 13.2 Å². The summed E-state index contributed by atoms with van der Waals surface area (Å²) in [7, 11) is 2.94. The molecule has 6 nitrogen and oxygen atoms in total. The molecule has 1 aliphatic rings. The molecule has 0 spiro atoms. The van der Waals surface area contributed by atoms with E-state index in [0.717, 1.165) is 30.8 Å². The molecule has 20 heavy (non-hydrogen) atoms. The summed E-state index contributed by atoms with van der Waals surface area (Å²) in [5, 5.41) is 2.75. The SMILES string of the molecule is CNc1nc(N(C)CC(F)(F)F)nc(N2CCCC2)n1. The molecule has 0 radical (unpaired) electrons. The summed E-state index contributed by atoms with van der Waals surface area (Å²) in [6.07, 6.45) is -2.22. The van der Waals surface area contributed by atoms with Crippen molar-refractivity contribution in [3.8, 4) is 0 Å². The standard InChI is InChI=1S/C11H17F3N6/c1-15-8-16-9(19(2)7-11(12,13)14)18-10(17-8)20-5-3-4-6-20/h3-7H2,1-2H3,(H,15,16,17,18). The zero-order chi connectivity index (χ0) is 14.8. The molecule has 2 rings (SSSR count). The number of halogens is 3. The molecule has 0 amide bonds. The normalized spacial score (nSPS) is 15.6. The van der Waals surface area contributed by atoms with Crippen LogP contribution in [0, 0.1) is 0 Å². The first-order chi connectivity index (χ1) is 9.39. The largest absolute Gasteiger partial charge is 0.406 e. The molecule has 0 unspecified atom stereocenters. The second-order valence-electron chi connectivity index (χ2n) is 4.67. The van der Waals surface area contributed by atoms with Gasteiger partial charge in [0.05, 0.1) is 0 Å². The third kappa shape index (κ3) is 3.61. The van der Waals surface area contributed by atoms with Crippen molar-refractivity contribution >= 4 is 17.8 Å². The zero-order valence-electron chi connectivity index (χ0n) is 11.4. The molecule has 1 aromatic heterocycles. The minimum atomic E-state index is -4.30. The van der Waals surface area contributed by atoms with Gasteiger partial charge in [-0.15, -0.1) is 0 Å². The quantitative estimate of drug-likeness (QED) is 0.907. The van der Waals surface area contributed by atoms with Gasteiger partial charge >= 0.3 is 6.18 Å². The van der Waals surface area contributed by atoms with Crippen molar-refractivity contribution in [1.29, 1.82) is 0 Å². The minimum Gasteiger partial charge on any atom is -0.357 e. The van der Waals surface area contributed by atoms with Gasteiger partial charge in [0.25, 0.3) is 0 Å². The van der Waals surface area contributed by atoms with Crippen molar-refractivity contribution < 1.29 is 13.2 Å². The van der Waals surface area contributed by atoms with E-state index in [2.05, 4.69) is 20.3 Å². The predicted molar refractivity (Wildman–Crippen MR) is 70.1 cm³/mol. The van der Waals surface area contributed by atoms with Gasteiger partial charge in [0.2, 0.25) is 17.8 Å². The number of anilines is 3. The number of nitrogens with one attached hydrogen (secondary N) is 1. The Bertz CT molecular complexity index is 458. The molecular formula is C11H17F3N6. The monoisotopic (exact) mass is 290 g/mol. The average molecular weight is 290 g/mol. The van der Waals surface area contributed by atoms with Gasteiger partial charge in [0.15, 0.2) is 0 Å². The van der Waals surface area contributed by atoms with Crippen LogP contribution in [0.4, 0.5) is 31.0 Å². The Balaban J connectivity index is 2.25. The summed E-state index contributed by atoms with van der Waals surface area (Å²) >= 11 is 0. The highest BCUT2D eigenvalue weighted by Gasteiger charge is 2.31. The van der Waals surface area contributed by atoms with Crippen LogP contribution >= 0.6 is 0 Å². The van der Waals surface area contributed by atoms with Gasteiger partial charge in [-0.3, -0.25) is 0 Å². The first kappa shape index (κ1) is 14.6. The smallest absolute Gasteiger partial charge is 0.357 e. The average Bonchev–Trinajstić information content (AvgIpc) is 2.90. The first-order valence-corrected chi connectivity index (χ1v) is 6.36. The number of aromatic nitrogens is 3. The Hall–Kier alpha value is -1.80. The minimum absolute atomic E-state index is 0.0172. The van der Waals surface area contributed by atoms with Crippen LogP contribution in [-0.2, 0) is 0 Å². The number of alkyl halides is 3. The van der Waals surface area contributed by atoms with E-state index in [1.54, 1.807) is 7.05 Å². The van der Waals surface area contributed by atoms with Crippen molar-refractivity contribution in [1.82, 2.24) is 15.0 Å². The fraction of sp³-hybridized carbons (Fsp3) is 0.727. The van der Waals surface area contributed by atoms with E-state index in [4.69, 9.17) is 0 Å². The number of rotatable bonds is 4. The molecule has 2 heterocycles. The molecule has 0 atom stereocenters. The van der Waals surface area contributed by atoms with Crippen LogP contribution in [0.5, 0.6) is 0 Å². The molecule has 1 fully saturated rings. The maximum absolute atomic E-state index is 12.4. The Labute approximate surface area is 115 Å². The lowest BCUT2D eigenvalue weighted by Gasteiger charge is -2.21. The summed E-state index contributed by atoms with van der Waals surface area (Å²) < 4.78 is 37.3. The highest BCUT2D eigenvalue weighted by molar-refractivity contribution is 5.45. The van der Waals surface area contributed by atoms with Gasteiger partial charge in [-0.1, -0.05) is 0 Å². The second-order valence-corrected chi connectivity index (χ2v) is 4.67. The molecule has 9 heteroatoms. The van der Waals surface area contributed by atoms with E-state index < -0.39 is 12.7 Å². The third-order valence-electron chi connectivity index (χ3n) is 2.98. The molecule has 112 valence electrons. The van der Waals surface area contributed by atoms with E-state index in [-0.39, 0.29) is 11.9 Å². The Morgan fingerprint density at radius 1 is 1.20 bits per heavy atom. The summed E-state index contributed by atoms with van der Waals surface area (Å²) in [5.74, 6) is 0.709. The maximum Gasteiger partial charge on any atom is 0.406 e. The second kappa shape index (κ2) is 5.68. The van der Waals surface area contributed by atoms with Crippen LogP contribution in [0.2, 0.25) is 0 Å². The van der Waals surface area contributed by atoms with Crippen LogP contribution in [0.25, 0.3) is 0 Å². The topological polar surface area (TPSA) is 57.2 Å². The third-order valence-corrected chi connectivity index (χ3v) is 2.98. The molecular weight excluding hydrogens is 273 g/mol. The molecule has 0 aliphatic carbocycles. The van der Waals surface area contributed by atoms with Crippen molar-refractivity contribution in [2.75, 3.05) is 48.8 Å². The fourth-order valence-corrected chi connectivity index (χ4v) is 2.03. The zero-order valence-corrected chi connectivity index (χ0v) is 11.4. The van der Waals surface area contributed by atoms with E-state index in [1.807, 2.05) is 4.90 Å². The summed E-state index contributed by atoms with van der Waals surface area (Å²) in [6, 6.07) is 0. The van der Waals surface area contributed by atoms with Gasteiger partial charge < -0.3 is 15.1 Å². The molecule has 0 saturated carbocycles. The van der Waals surface area contributed by atoms with Crippen molar-refractivity contribution in [2.24, 2.45) is 0 Å². The molecule has 1 N–H and O–H groups in total. The number of nitrogens with zero attached hydrogens (tertiary/aromatic N) is 5. The fourth-order valence-electron chi connectivity index (χ4n) is 2.03.